The Hall–Kier alpha value is -2.33. The number of likely N-dealkylation sites (tertiary alicyclic amines) is 1. The summed E-state index contributed by atoms with van der Waals surface area (Å²) in [5.41, 5.74) is -1.84. The molecule has 0 bridgehead atoms. The third kappa shape index (κ3) is 3.73. The van der Waals surface area contributed by atoms with Crippen LogP contribution in [0.25, 0.3) is 0 Å². The Morgan fingerprint density at radius 3 is 2.31 bits per heavy atom. The van der Waals surface area contributed by atoms with Crippen molar-refractivity contribution in [3.8, 4) is 0 Å². The summed E-state index contributed by atoms with van der Waals surface area (Å²) in [7, 11) is -4.22. The zero-order valence-electron chi connectivity index (χ0n) is 16.9. The van der Waals surface area contributed by atoms with Crippen molar-refractivity contribution in [3.05, 3.63) is 58.6 Å². The van der Waals surface area contributed by atoms with E-state index in [1.165, 1.54) is 23.1 Å². The molecule has 1 saturated heterocycles. The number of hydrogen-bond donors (Lipinski definition) is 2. The molecule has 0 radical (unpaired) electrons. The molecule has 1 aliphatic carbocycles. The van der Waals surface area contributed by atoms with Gasteiger partial charge in [0.1, 0.15) is 11.4 Å². The zero-order valence-corrected chi connectivity index (χ0v) is 18.5. The second-order valence-electron chi connectivity index (χ2n) is 8.17. The lowest BCUT2D eigenvalue weighted by Gasteiger charge is -2.30. The normalized spacial score (nSPS) is 19.2. The largest absolute Gasteiger partial charge is 0.345 e. The van der Waals surface area contributed by atoms with E-state index in [-0.39, 0.29) is 52.0 Å². The van der Waals surface area contributed by atoms with E-state index in [0.29, 0.717) is 6.92 Å². The van der Waals surface area contributed by atoms with Crippen molar-refractivity contribution in [2.24, 2.45) is 0 Å². The first-order valence-electron chi connectivity index (χ1n) is 9.83. The van der Waals surface area contributed by atoms with E-state index < -0.39 is 33.8 Å². The third-order valence-electron chi connectivity index (χ3n) is 6.01. The minimum absolute atomic E-state index is 0.0153. The van der Waals surface area contributed by atoms with Gasteiger partial charge in [0, 0.05) is 25.5 Å². The molecule has 0 amide bonds. The molecule has 0 atom stereocenters. The molecule has 2 fully saturated rings. The molecule has 2 aliphatic rings. The fourth-order valence-corrected chi connectivity index (χ4v) is 5.43. The number of benzene rings is 2. The van der Waals surface area contributed by atoms with E-state index in [0.717, 1.165) is 24.3 Å². The third-order valence-corrected chi connectivity index (χ3v) is 7.70. The Balaban J connectivity index is 1.66. The molecule has 172 valence electrons. The molecular formula is C21H20ClF4N3O2S. The maximum absolute atomic E-state index is 14.4. The quantitative estimate of drug-likeness (QED) is 0.333. The van der Waals surface area contributed by atoms with Crippen LogP contribution in [-0.2, 0) is 15.9 Å². The predicted octanol–water partition coefficient (Wildman–Crippen LogP) is 5.45. The van der Waals surface area contributed by atoms with E-state index in [1.807, 2.05) is 0 Å². The van der Waals surface area contributed by atoms with Crippen molar-refractivity contribution in [1.29, 1.82) is 5.41 Å². The Morgan fingerprint density at radius 2 is 1.75 bits per heavy atom. The van der Waals surface area contributed by atoms with Crippen molar-refractivity contribution in [2.75, 3.05) is 11.3 Å². The summed E-state index contributed by atoms with van der Waals surface area (Å²) in [6.45, 7) is 0.656. The molecule has 32 heavy (non-hydrogen) atoms. The highest BCUT2D eigenvalue weighted by Crippen LogP contribution is 2.58. The topological polar surface area (TPSA) is 73.3 Å². The minimum Gasteiger partial charge on any atom is -0.345 e. The average Bonchev–Trinajstić information content (AvgIpc) is 3.45. The predicted molar refractivity (Wildman–Crippen MR) is 113 cm³/mol. The Bertz CT molecular complexity index is 1180. The minimum atomic E-state index is -4.22. The summed E-state index contributed by atoms with van der Waals surface area (Å²) in [4.78, 5) is 1.03. The number of amidine groups is 1. The maximum atomic E-state index is 14.4. The van der Waals surface area contributed by atoms with E-state index >= 15 is 0 Å². The van der Waals surface area contributed by atoms with E-state index in [1.54, 1.807) is 0 Å². The highest BCUT2D eigenvalue weighted by atomic mass is 35.5. The summed E-state index contributed by atoms with van der Waals surface area (Å²) in [6.07, 6.45) is 0.0832. The van der Waals surface area contributed by atoms with Crippen molar-refractivity contribution in [3.63, 3.8) is 0 Å². The molecule has 1 heterocycles. The number of nitrogens with zero attached hydrogens (tertiary/aromatic N) is 1. The van der Waals surface area contributed by atoms with Crippen LogP contribution in [0.3, 0.4) is 0 Å². The van der Waals surface area contributed by atoms with Gasteiger partial charge in [-0.15, -0.1) is 0 Å². The molecule has 11 heteroatoms. The molecule has 4 rings (SSSR count). The summed E-state index contributed by atoms with van der Waals surface area (Å²) in [6, 6.07) is 8.39. The van der Waals surface area contributed by atoms with Gasteiger partial charge in [-0.05, 0) is 37.1 Å². The molecule has 2 N–H and O–H groups in total. The van der Waals surface area contributed by atoms with Crippen LogP contribution in [0.15, 0.2) is 47.4 Å². The highest BCUT2D eigenvalue weighted by Gasteiger charge is 2.69. The van der Waals surface area contributed by atoms with Crippen molar-refractivity contribution >= 4 is 33.1 Å². The first kappa shape index (κ1) is 22.8. The Morgan fingerprint density at radius 1 is 1.12 bits per heavy atom. The van der Waals surface area contributed by atoms with Crippen LogP contribution in [0.4, 0.5) is 23.2 Å². The van der Waals surface area contributed by atoms with Crippen molar-refractivity contribution in [1.82, 2.24) is 4.90 Å². The van der Waals surface area contributed by atoms with Crippen molar-refractivity contribution in [2.45, 2.75) is 48.5 Å². The standard InChI is InChI=1S/C21H20ClF4N3O2S/c1-19(23,24)13-5-7-14(8-6-13)32(30,31)28-16-4-2-3-15(22)17(16)18(27)29-12-11-21(25,26)20(29)9-10-20/h2-8,27-28H,9-12H2,1H3. The van der Waals surface area contributed by atoms with Crippen LogP contribution >= 0.6 is 11.6 Å². The van der Waals surface area contributed by atoms with E-state index in [4.69, 9.17) is 17.0 Å². The van der Waals surface area contributed by atoms with Crippen LogP contribution in [-0.4, -0.2) is 37.2 Å². The van der Waals surface area contributed by atoms with Gasteiger partial charge in [-0.1, -0.05) is 29.8 Å². The maximum Gasteiger partial charge on any atom is 0.272 e. The number of rotatable bonds is 5. The number of anilines is 1. The van der Waals surface area contributed by atoms with Gasteiger partial charge in [-0.2, -0.15) is 0 Å². The SMILES string of the molecule is CC(F)(F)c1ccc(S(=O)(=O)Nc2cccc(Cl)c2C(=N)N2CCC(F)(F)C23CC3)cc1. The van der Waals surface area contributed by atoms with Gasteiger partial charge in [0.05, 0.1) is 21.2 Å². The van der Waals surface area contributed by atoms with Crippen LogP contribution in [0.1, 0.15) is 37.3 Å². The monoisotopic (exact) mass is 489 g/mol. The number of hydrogen-bond acceptors (Lipinski definition) is 3. The molecule has 5 nitrogen and oxygen atoms in total. The molecule has 2 aromatic rings. The zero-order chi connectivity index (χ0) is 23.5. The Kier molecular flexibility index (Phi) is 5.24. The lowest BCUT2D eigenvalue weighted by molar-refractivity contribution is -0.0353. The lowest BCUT2D eigenvalue weighted by Crippen LogP contribution is -2.45. The highest BCUT2D eigenvalue weighted by molar-refractivity contribution is 7.92. The number of alkyl halides is 4. The van der Waals surface area contributed by atoms with Gasteiger partial charge >= 0.3 is 0 Å². The van der Waals surface area contributed by atoms with Gasteiger partial charge in [0.25, 0.3) is 21.9 Å². The smallest absolute Gasteiger partial charge is 0.272 e. The summed E-state index contributed by atoms with van der Waals surface area (Å²) in [5, 5.41) is 8.61. The average molecular weight is 490 g/mol. The molecule has 1 aliphatic heterocycles. The molecule has 1 saturated carbocycles. The number of nitrogens with one attached hydrogen (secondary N) is 2. The van der Waals surface area contributed by atoms with Gasteiger partial charge in [0.15, 0.2) is 0 Å². The van der Waals surface area contributed by atoms with E-state index in [2.05, 4.69) is 4.72 Å². The second kappa shape index (κ2) is 7.34. The van der Waals surface area contributed by atoms with Crippen molar-refractivity contribution < 1.29 is 26.0 Å². The molecule has 1 spiro atoms. The van der Waals surface area contributed by atoms with E-state index in [9.17, 15) is 26.0 Å². The van der Waals surface area contributed by atoms with Gasteiger partial charge in [-0.3, -0.25) is 10.1 Å². The first-order chi connectivity index (χ1) is 14.8. The van der Waals surface area contributed by atoms with Crippen LogP contribution < -0.4 is 4.72 Å². The first-order valence-corrected chi connectivity index (χ1v) is 11.7. The molecular weight excluding hydrogens is 470 g/mol. The number of sulfonamides is 1. The molecule has 0 unspecified atom stereocenters. The summed E-state index contributed by atoms with van der Waals surface area (Å²) >= 11 is 6.26. The fourth-order valence-electron chi connectivity index (χ4n) is 4.09. The lowest BCUT2D eigenvalue weighted by atomic mass is 10.1. The number of halogens is 5. The second-order valence-corrected chi connectivity index (χ2v) is 10.3. The van der Waals surface area contributed by atoms with Crippen LogP contribution in [0.2, 0.25) is 5.02 Å². The Labute approximate surface area is 187 Å². The summed E-state index contributed by atoms with van der Waals surface area (Å²) in [5.74, 6) is -6.35. The van der Waals surface area contributed by atoms with Gasteiger partial charge in [-0.25, -0.2) is 26.0 Å². The molecule has 2 aromatic carbocycles. The van der Waals surface area contributed by atoms with Gasteiger partial charge < -0.3 is 4.90 Å². The van der Waals surface area contributed by atoms with Gasteiger partial charge in [0.2, 0.25) is 0 Å². The molecule has 0 aromatic heterocycles. The fraction of sp³-hybridized carbons (Fsp3) is 0.381. The summed E-state index contributed by atoms with van der Waals surface area (Å²) < 4.78 is 83.7. The van der Waals surface area contributed by atoms with Crippen LogP contribution in [0.5, 0.6) is 0 Å². The van der Waals surface area contributed by atoms with Crippen LogP contribution in [0, 0.1) is 5.41 Å².